The van der Waals surface area contributed by atoms with E-state index in [4.69, 9.17) is 11.6 Å². The molecule has 0 saturated heterocycles. The maximum Gasteiger partial charge on any atom is 0.242 e. The zero-order valence-corrected chi connectivity index (χ0v) is 21.9. The van der Waals surface area contributed by atoms with Gasteiger partial charge in [-0.1, -0.05) is 84.4 Å². The number of hydrogen-bond acceptors (Lipinski definition) is 4. The third-order valence-corrected chi connectivity index (χ3v) is 7.17. The second-order valence-electron chi connectivity index (χ2n) is 8.54. The molecule has 7 nitrogen and oxygen atoms in total. The van der Waals surface area contributed by atoms with Gasteiger partial charge in [0.2, 0.25) is 21.8 Å². The molecule has 9 heteroatoms. The second kappa shape index (κ2) is 12.7. The number of carbonyl (C=O) groups excluding carboxylic acids is 2. The lowest BCUT2D eigenvalue weighted by Crippen LogP contribution is -2.50. The Morgan fingerprint density at radius 3 is 1.89 bits per heavy atom. The van der Waals surface area contributed by atoms with Crippen molar-refractivity contribution in [3.05, 3.63) is 107 Å². The van der Waals surface area contributed by atoms with Gasteiger partial charge in [-0.15, -0.1) is 0 Å². The van der Waals surface area contributed by atoms with E-state index < -0.39 is 22.0 Å². The van der Waals surface area contributed by atoms with Crippen molar-refractivity contribution in [3.63, 3.8) is 0 Å². The maximum absolute atomic E-state index is 13.5. The van der Waals surface area contributed by atoms with Gasteiger partial charge in [0.1, 0.15) is 6.04 Å². The molecular weight excluding hydrogens is 498 g/mol. The number of nitrogens with one attached hydrogen (secondary N) is 1. The first kappa shape index (κ1) is 27.4. The SMILES string of the molecule is C[C@H](C(=O)NCc1ccc(Cl)cc1)N(Cc1ccccc1)C(=O)CN(Cc1ccccc1)S(C)(=O)=O. The minimum absolute atomic E-state index is 0.0573. The highest BCUT2D eigenvalue weighted by molar-refractivity contribution is 7.88. The topological polar surface area (TPSA) is 86.8 Å². The average molecular weight is 528 g/mol. The van der Waals surface area contributed by atoms with Gasteiger partial charge in [-0.05, 0) is 35.7 Å². The van der Waals surface area contributed by atoms with Crippen LogP contribution < -0.4 is 5.32 Å². The van der Waals surface area contributed by atoms with Gasteiger partial charge in [0.25, 0.3) is 0 Å². The minimum atomic E-state index is -3.69. The van der Waals surface area contributed by atoms with Crippen molar-refractivity contribution in [2.75, 3.05) is 12.8 Å². The largest absolute Gasteiger partial charge is 0.350 e. The summed E-state index contributed by atoms with van der Waals surface area (Å²) in [5.74, 6) is -0.808. The van der Waals surface area contributed by atoms with Gasteiger partial charge < -0.3 is 10.2 Å². The Bertz CT molecular complexity index is 1250. The molecule has 190 valence electrons. The molecule has 0 spiro atoms. The third kappa shape index (κ3) is 8.19. The number of benzene rings is 3. The van der Waals surface area contributed by atoms with Gasteiger partial charge in [-0.3, -0.25) is 9.59 Å². The van der Waals surface area contributed by atoms with E-state index in [-0.39, 0.29) is 32.1 Å². The van der Waals surface area contributed by atoms with Gasteiger partial charge in [-0.25, -0.2) is 8.42 Å². The van der Waals surface area contributed by atoms with Crippen LogP contribution in [0.1, 0.15) is 23.6 Å². The summed E-state index contributed by atoms with van der Waals surface area (Å²) in [4.78, 5) is 27.9. The van der Waals surface area contributed by atoms with Crippen LogP contribution in [0.5, 0.6) is 0 Å². The highest BCUT2D eigenvalue weighted by atomic mass is 35.5. The first-order valence-electron chi connectivity index (χ1n) is 11.5. The quantitative estimate of drug-likeness (QED) is 0.410. The number of carbonyl (C=O) groups is 2. The molecule has 0 aliphatic heterocycles. The van der Waals surface area contributed by atoms with Crippen LogP contribution in [0.25, 0.3) is 0 Å². The van der Waals surface area contributed by atoms with E-state index in [0.717, 1.165) is 27.3 Å². The zero-order chi connectivity index (χ0) is 26.1. The van der Waals surface area contributed by atoms with E-state index in [2.05, 4.69) is 5.32 Å². The lowest BCUT2D eigenvalue weighted by molar-refractivity contribution is -0.140. The van der Waals surface area contributed by atoms with Crippen molar-refractivity contribution in [1.82, 2.24) is 14.5 Å². The third-order valence-electron chi connectivity index (χ3n) is 5.73. The molecule has 3 aromatic carbocycles. The van der Waals surface area contributed by atoms with Crippen LogP contribution in [0, 0.1) is 0 Å². The fourth-order valence-electron chi connectivity index (χ4n) is 3.62. The summed E-state index contributed by atoms with van der Waals surface area (Å²) in [6.45, 7) is 1.76. The van der Waals surface area contributed by atoms with Gasteiger partial charge in [0.05, 0.1) is 12.8 Å². The van der Waals surface area contributed by atoms with E-state index >= 15 is 0 Å². The Hall–Kier alpha value is -3.20. The van der Waals surface area contributed by atoms with Crippen molar-refractivity contribution in [3.8, 4) is 0 Å². The highest BCUT2D eigenvalue weighted by Gasteiger charge is 2.29. The molecule has 0 aliphatic rings. The van der Waals surface area contributed by atoms with Crippen molar-refractivity contribution < 1.29 is 18.0 Å². The molecule has 0 fully saturated rings. The highest BCUT2D eigenvalue weighted by Crippen LogP contribution is 2.14. The fraction of sp³-hybridized carbons (Fsp3) is 0.259. The summed E-state index contributed by atoms with van der Waals surface area (Å²) in [5.41, 5.74) is 2.46. The lowest BCUT2D eigenvalue weighted by atomic mass is 10.1. The Morgan fingerprint density at radius 2 is 1.36 bits per heavy atom. The molecule has 0 aliphatic carbocycles. The van der Waals surface area contributed by atoms with Crippen molar-refractivity contribution in [1.29, 1.82) is 0 Å². The van der Waals surface area contributed by atoms with Crippen molar-refractivity contribution in [2.45, 2.75) is 32.6 Å². The minimum Gasteiger partial charge on any atom is -0.350 e. The van der Waals surface area contributed by atoms with Gasteiger partial charge in [-0.2, -0.15) is 4.31 Å². The number of rotatable bonds is 11. The first-order chi connectivity index (χ1) is 17.1. The summed E-state index contributed by atoms with van der Waals surface area (Å²) in [6.07, 6.45) is 1.08. The Labute approximate surface area is 217 Å². The van der Waals surface area contributed by atoms with Crippen LogP contribution in [0.15, 0.2) is 84.9 Å². The van der Waals surface area contributed by atoms with E-state index in [9.17, 15) is 18.0 Å². The van der Waals surface area contributed by atoms with Crippen molar-refractivity contribution >= 4 is 33.4 Å². The second-order valence-corrected chi connectivity index (χ2v) is 11.0. The summed E-state index contributed by atoms with van der Waals surface area (Å²) in [6, 6.07) is 24.6. The predicted octanol–water partition coefficient (Wildman–Crippen LogP) is 3.84. The van der Waals surface area contributed by atoms with Crippen LogP contribution in [-0.4, -0.2) is 48.3 Å². The average Bonchev–Trinajstić information content (AvgIpc) is 2.86. The van der Waals surface area contributed by atoms with E-state index in [1.807, 2.05) is 60.7 Å². The molecule has 36 heavy (non-hydrogen) atoms. The normalized spacial score (nSPS) is 12.2. The zero-order valence-electron chi connectivity index (χ0n) is 20.3. The summed E-state index contributed by atoms with van der Waals surface area (Å²) in [7, 11) is -3.69. The van der Waals surface area contributed by atoms with E-state index in [0.29, 0.717) is 5.02 Å². The van der Waals surface area contributed by atoms with Gasteiger partial charge in [0, 0.05) is 24.7 Å². The van der Waals surface area contributed by atoms with E-state index in [1.54, 1.807) is 31.2 Å². The number of sulfonamides is 1. The molecule has 2 amide bonds. The van der Waals surface area contributed by atoms with E-state index in [1.165, 1.54) is 4.90 Å². The monoisotopic (exact) mass is 527 g/mol. The van der Waals surface area contributed by atoms with Gasteiger partial charge in [0.15, 0.2) is 0 Å². The molecule has 0 aromatic heterocycles. The summed E-state index contributed by atoms with van der Waals surface area (Å²) < 4.78 is 26.1. The fourth-order valence-corrected chi connectivity index (χ4v) is 4.48. The first-order valence-corrected chi connectivity index (χ1v) is 13.7. The molecule has 0 heterocycles. The Balaban J connectivity index is 1.78. The summed E-state index contributed by atoms with van der Waals surface area (Å²) >= 11 is 5.92. The number of hydrogen-bond donors (Lipinski definition) is 1. The molecule has 0 saturated carbocycles. The van der Waals surface area contributed by atoms with Crippen LogP contribution >= 0.6 is 11.6 Å². The molecule has 3 rings (SSSR count). The smallest absolute Gasteiger partial charge is 0.242 e. The molecule has 1 N–H and O–H groups in total. The van der Waals surface area contributed by atoms with Crippen LogP contribution in [0.4, 0.5) is 0 Å². The Kier molecular flexibility index (Phi) is 9.64. The molecule has 0 radical (unpaired) electrons. The van der Waals surface area contributed by atoms with Crippen LogP contribution in [0.3, 0.4) is 0 Å². The molecule has 0 bridgehead atoms. The molecule has 3 aromatic rings. The maximum atomic E-state index is 13.5. The number of amides is 2. The number of nitrogens with zero attached hydrogens (tertiary/aromatic N) is 2. The number of halogens is 1. The van der Waals surface area contributed by atoms with Gasteiger partial charge >= 0.3 is 0 Å². The standard InChI is InChI=1S/C27H30ClN3O4S/c1-21(27(33)29-17-22-13-15-25(28)16-14-22)31(19-24-11-7-4-8-12-24)26(32)20-30(36(2,34)35)18-23-9-5-3-6-10-23/h3-16,21H,17-20H2,1-2H3,(H,29,33)/t21-/m1/s1. The van der Waals surface area contributed by atoms with Crippen molar-refractivity contribution in [2.24, 2.45) is 0 Å². The predicted molar refractivity (Wildman–Crippen MR) is 141 cm³/mol. The lowest BCUT2D eigenvalue weighted by Gasteiger charge is -2.31. The summed E-state index contributed by atoms with van der Waals surface area (Å²) in [5, 5.41) is 3.46. The molecule has 0 unspecified atom stereocenters. The van der Waals surface area contributed by atoms with Crippen LogP contribution in [0.2, 0.25) is 5.02 Å². The molecular formula is C27H30ClN3O4S. The Morgan fingerprint density at radius 1 is 0.833 bits per heavy atom. The molecule has 1 atom stereocenters. The van der Waals surface area contributed by atoms with Crippen LogP contribution in [-0.2, 0) is 39.2 Å².